The van der Waals surface area contributed by atoms with Crippen molar-refractivity contribution in [1.82, 2.24) is 5.32 Å². The second kappa shape index (κ2) is 9.11. The summed E-state index contributed by atoms with van der Waals surface area (Å²) in [6.07, 6.45) is 4.66. The second-order valence-corrected chi connectivity index (χ2v) is 6.76. The summed E-state index contributed by atoms with van der Waals surface area (Å²) in [5, 5.41) is 12.4. The zero-order chi connectivity index (χ0) is 14.9. The zero-order valence-electron chi connectivity index (χ0n) is 12.5. The van der Waals surface area contributed by atoms with Crippen LogP contribution >= 0.6 is 11.8 Å². The predicted octanol–water partition coefficient (Wildman–Crippen LogP) is 2.83. The lowest BCUT2D eigenvalue weighted by Gasteiger charge is -2.30. The van der Waals surface area contributed by atoms with Gasteiger partial charge >= 0.3 is 0 Å². The van der Waals surface area contributed by atoms with E-state index in [9.17, 15) is 9.90 Å². The van der Waals surface area contributed by atoms with Crippen LogP contribution in [0.3, 0.4) is 0 Å². The summed E-state index contributed by atoms with van der Waals surface area (Å²) in [7, 11) is 0. The number of aliphatic hydroxyl groups is 1. The molecule has 0 radical (unpaired) electrons. The quantitative estimate of drug-likeness (QED) is 0.814. The van der Waals surface area contributed by atoms with Gasteiger partial charge in [-0.1, -0.05) is 43.2 Å². The summed E-state index contributed by atoms with van der Waals surface area (Å²) in [6, 6.07) is 10.2. The van der Waals surface area contributed by atoms with Gasteiger partial charge in [0.2, 0.25) is 5.91 Å². The van der Waals surface area contributed by atoms with Crippen LogP contribution in [0.1, 0.15) is 31.2 Å². The Labute approximate surface area is 131 Å². The van der Waals surface area contributed by atoms with Crippen molar-refractivity contribution in [3.05, 3.63) is 35.9 Å². The molecule has 2 N–H and O–H groups in total. The standard InChI is InChI=1S/C17H25NO2S/c19-11-16-9-5-4-8-15(16)10-18-17(20)13-21-12-14-6-2-1-3-7-14/h1-3,6-7,15-16,19H,4-5,8-13H2,(H,18,20). The number of amides is 1. The van der Waals surface area contributed by atoms with Crippen LogP contribution in [0.15, 0.2) is 30.3 Å². The predicted molar refractivity (Wildman–Crippen MR) is 88.1 cm³/mol. The first-order chi connectivity index (χ1) is 10.3. The minimum atomic E-state index is 0.109. The molecular weight excluding hydrogens is 282 g/mol. The molecule has 0 bridgehead atoms. The Kier molecular flexibility index (Phi) is 7.10. The van der Waals surface area contributed by atoms with Gasteiger partial charge in [-0.3, -0.25) is 4.79 Å². The number of hydrogen-bond donors (Lipinski definition) is 2. The molecule has 1 aliphatic rings. The molecule has 4 heteroatoms. The van der Waals surface area contributed by atoms with Gasteiger partial charge < -0.3 is 10.4 Å². The van der Waals surface area contributed by atoms with Crippen molar-refractivity contribution in [2.24, 2.45) is 11.8 Å². The van der Waals surface area contributed by atoms with Gasteiger partial charge in [0, 0.05) is 18.9 Å². The minimum absolute atomic E-state index is 0.109. The molecule has 1 fully saturated rings. The van der Waals surface area contributed by atoms with Crippen LogP contribution in [-0.4, -0.2) is 29.9 Å². The monoisotopic (exact) mass is 307 g/mol. The van der Waals surface area contributed by atoms with Crippen molar-refractivity contribution < 1.29 is 9.90 Å². The molecule has 0 aliphatic heterocycles. The number of nitrogens with one attached hydrogen (secondary N) is 1. The summed E-state index contributed by atoms with van der Waals surface area (Å²) in [5.41, 5.74) is 1.25. The van der Waals surface area contributed by atoms with E-state index >= 15 is 0 Å². The molecule has 2 rings (SSSR count). The van der Waals surface area contributed by atoms with Gasteiger partial charge in [-0.05, 0) is 30.2 Å². The van der Waals surface area contributed by atoms with Gasteiger partial charge in [-0.25, -0.2) is 0 Å². The fourth-order valence-corrected chi connectivity index (χ4v) is 3.74. The molecule has 116 valence electrons. The average molecular weight is 307 g/mol. The summed E-state index contributed by atoms with van der Waals surface area (Å²) in [5.74, 6) is 2.31. The normalized spacial score (nSPS) is 22.0. The molecule has 2 atom stereocenters. The molecule has 21 heavy (non-hydrogen) atoms. The number of rotatable bonds is 7. The molecule has 0 heterocycles. The maximum atomic E-state index is 11.9. The molecule has 1 aromatic carbocycles. The third-order valence-electron chi connectivity index (χ3n) is 4.21. The summed E-state index contributed by atoms with van der Waals surface area (Å²) < 4.78 is 0. The van der Waals surface area contributed by atoms with E-state index in [4.69, 9.17) is 0 Å². The minimum Gasteiger partial charge on any atom is -0.396 e. The van der Waals surface area contributed by atoms with Crippen LogP contribution in [0.2, 0.25) is 0 Å². The zero-order valence-corrected chi connectivity index (χ0v) is 13.3. The lowest BCUT2D eigenvalue weighted by molar-refractivity contribution is -0.118. The SMILES string of the molecule is O=C(CSCc1ccccc1)NCC1CCCCC1CO. The van der Waals surface area contributed by atoms with Crippen LogP contribution in [-0.2, 0) is 10.5 Å². The lowest BCUT2D eigenvalue weighted by atomic mass is 9.79. The molecule has 0 saturated heterocycles. The number of aliphatic hydroxyl groups excluding tert-OH is 1. The first-order valence-corrected chi connectivity index (χ1v) is 8.94. The van der Waals surface area contributed by atoms with Crippen LogP contribution in [0.25, 0.3) is 0 Å². The van der Waals surface area contributed by atoms with Crippen LogP contribution in [0.4, 0.5) is 0 Å². The first kappa shape index (κ1) is 16.4. The Morgan fingerprint density at radius 2 is 1.90 bits per heavy atom. The average Bonchev–Trinajstić information content (AvgIpc) is 2.54. The van der Waals surface area contributed by atoms with E-state index in [1.165, 1.54) is 18.4 Å². The highest BCUT2D eigenvalue weighted by atomic mass is 32.2. The Morgan fingerprint density at radius 1 is 1.19 bits per heavy atom. The van der Waals surface area contributed by atoms with Gasteiger partial charge in [0.15, 0.2) is 0 Å². The third kappa shape index (κ3) is 5.71. The van der Waals surface area contributed by atoms with Gasteiger partial charge in [0.05, 0.1) is 5.75 Å². The Morgan fingerprint density at radius 3 is 2.62 bits per heavy atom. The molecule has 1 amide bonds. The fourth-order valence-electron chi connectivity index (χ4n) is 2.93. The molecule has 2 unspecified atom stereocenters. The molecule has 0 aromatic heterocycles. The Bertz CT molecular complexity index is 424. The van der Waals surface area contributed by atoms with Crippen molar-refractivity contribution in [3.8, 4) is 0 Å². The van der Waals surface area contributed by atoms with Crippen LogP contribution in [0.5, 0.6) is 0 Å². The topological polar surface area (TPSA) is 49.3 Å². The maximum Gasteiger partial charge on any atom is 0.230 e. The van der Waals surface area contributed by atoms with E-state index in [-0.39, 0.29) is 12.5 Å². The van der Waals surface area contributed by atoms with E-state index < -0.39 is 0 Å². The highest BCUT2D eigenvalue weighted by Gasteiger charge is 2.24. The van der Waals surface area contributed by atoms with Crippen molar-refractivity contribution in [1.29, 1.82) is 0 Å². The van der Waals surface area contributed by atoms with E-state index in [2.05, 4.69) is 17.4 Å². The molecule has 3 nitrogen and oxygen atoms in total. The van der Waals surface area contributed by atoms with Gasteiger partial charge in [0.25, 0.3) is 0 Å². The summed E-state index contributed by atoms with van der Waals surface area (Å²) in [4.78, 5) is 11.9. The van der Waals surface area contributed by atoms with Gasteiger partial charge in [-0.15, -0.1) is 11.8 Å². The first-order valence-electron chi connectivity index (χ1n) is 7.79. The molecule has 1 aromatic rings. The van der Waals surface area contributed by atoms with Gasteiger partial charge in [-0.2, -0.15) is 0 Å². The summed E-state index contributed by atoms with van der Waals surface area (Å²) in [6.45, 7) is 0.971. The number of hydrogen-bond acceptors (Lipinski definition) is 3. The van der Waals surface area contributed by atoms with E-state index in [1.54, 1.807) is 11.8 Å². The fraction of sp³-hybridized carbons (Fsp3) is 0.588. The highest BCUT2D eigenvalue weighted by Crippen LogP contribution is 2.29. The Hall–Kier alpha value is -1.00. The highest BCUT2D eigenvalue weighted by molar-refractivity contribution is 7.99. The van der Waals surface area contributed by atoms with E-state index in [0.29, 0.717) is 17.6 Å². The van der Waals surface area contributed by atoms with E-state index in [0.717, 1.165) is 25.1 Å². The number of carbonyl (C=O) groups is 1. The molecule has 1 aliphatic carbocycles. The second-order valence-electron chi connectivity index (χ2n) is 5.77. The molecule has 0 spiro atoms. The van der Waals surface area contributed by atoms with Crippen LogP contribution < -0.4 is 5.32 Å². The molecule has 1 saturated carbocycles. The van der Waals surface area contributed by atoms with Crippen molar-refractivity contribution in [2.45, 2.75) is 31.4 Å². The van der Waals surface area contributed by atoms with Crippen molar-refractivity contribution >= 4 is 17.7 Å². The number of thioether (sulfide) groups is 1. The smallest absolute Gasteiger partial charge is 0.230 e. The summed E-state index contributed by atoms with van der Waals surface area (Å²) >= 11 is 1.65. The van der Waals surface area contributed by atoms with Gasteiger partial charge in [0.1, 0.15) is 0 Å². The van der Waals surface area contributed by atoms with E-state index in [1.807, 2.05) is 18.2 Å². The van der Waals surface area contributed by atoms with Crippen molar-refractivity contribution in [3.63, 3.8) is 0 Å². The van der Waals surface area contributed by atoms with Crippen LogP contribution in [0, 0.1) is 11.8 Å². The molecular formula is C17H25NO2S. The third-order valence-corrected chi connectivity index (χ3v) is 5.21. The number of benzene rings is 1. The van der Waals surface area contributed by atoms with Crippen molar-refractivity contribution in [2.75, 3.05) is 18.9 Å². The maximum absolute atomic E-state index is 11.9. The largest absolute Gasteiger partial charge is 0.396 e. The Balaban J connectivity index is 1.63. The number of carbonyl (C=O) groups excluding carboxylic acids is 1. The lowest BCUT2D eigenvalue weighted by Crippen LogP contribution is -2.36.